The maximum absolute atomic E-state index is 11.4. The molecule has 140 valence electrons. The fourth-order valence-electron chi connectivity index (χ4n) is 3.79. The Bertz CT molecular complexity index is 434. The average Bonchev–Trinajstić information content (AvgIpc) is 2.64. The Kier molecular flexibility index (Phi) is 6.93. The van der Waals surface area contributed by atoms with Crippen molar-refractivity contribution in [3.63, 3.8) is 0 Å². The number of methoxy groups -OCH3 is 1. The second kappa shape index (κ2) is 7.91. The van der Waals surface area contributed by atoms with Gasteiger partial charge in [0.1, 0.15) is 12.0 Å². The van der Waals surface area contributed by atoms with Crippen LogP contribution < -0.4 is 11.1 Å². The molecular formula is C17H32N2O5. The summed E-state index contributed by atoms with van der Waals surface area (Å²) in [6.45, 7) is 8.90. The molecule has 0 heterocycles. The molecule has 0 bridgehead atoms. The number of aliphatic carboxylic acids is 1. The Hall–Kier alpha value is -1.02. The van der Waals surface area contributed by atoms with E-state index in [2.05, 4.69) is 33.0 Å². The van der Waals surface area contributed by atoms with E-state index in [4.69, 9.17) is 20.3 Å². The molecule has 7 heteroatoms. The fraction of sp³-hybridized carbons (Fsp3) is 0.882. The van der Waals surface area contributed by atoms with Gasteiger partial charge in [0.15, 0.2) is 0 Å². The number of nitrogens with two attached hydrogens (primary N) is 1. The zero-order chi connectivity index (χ0) is 18.6. The first-order valence-corrected chi connectivity index (χ1v) is 8.34. The van der Waals surface area contributed by atoms with Crippen molar-refractivity contribution in [3.05, 3.63) is 0 Å². The fourth-order valence-corrected chi connectivity index (χ4v) is 3.79. The minimum Gasteiger partial charge on any atom is -0.481 e. The molecule has 4 N–H and O–H groups in total. The van der Waals surface area contributed by atoms with Gasteiger partial charge in [-0.15, -0.1) is 0 Å². The Labute approximate surface area is 144 Å². The molecule has 0 amide bonds. The molecule has 0 saturated heterocycles. The Morgan fingerprint density at radius 3 is 2.21 bits per heavy atom. The van der Waals surface area contributed by atoms with Gasteiger partial charge in [-0.25, -0.2) is 0 Å². The number of ether oxygens (including phenoxy) is 2. The van der Waals surface area contributed by atoms with Gasteiger partial charge in [-0.3, -0.25) is 10.1 Å². The lowest BCUT2D eigenvalue weighted by Crippen LogP contribution is -2.66. The molecule has 0 radical (unpaired) electrons. The third-order valence-corrected chi connectivity index (χ3v) is 5.12. The molecule has 2 atom stereocenters. The average molecular weight is 344 g/mol. The Balaban J connectivity index is 3.10. The van der Waals surface area contributed by atoms with Crippen molar-refractivity contribution in [2.45, 2.75) is 64.8 Å². The van der Waals surface area contributed by atoms with Crippen molar-refractivity contribution >= 4 is 12.3 Å². The van der Waals surface area contributed by atoms with Crippen LogP contribution >= 0.6 is 0 Å². The lowest BCUT2D eigenvalue weighted by molar-refractivity contribution is -0.191. The van der Waals surface area contributed by atoms with E-state index in [1.165, 1.54) is 0 Å². The molecule has 7 nitrogen and oxygen atoms in total. The zero-order valence-corrected chi connectivity index (χ0v) is 15.4. The largest absolute Gasteiger partial charge is 0.481 e. The van der Waals surface area contributed by atoms with Gasteiger partial charge in [-0.1, -0.05) is 27.7 Å². The maximum Gasteiger partial charge on any atom is 0.305 e. The second-order valence-electron chi connectivity index (χ2n) is 7.96. The highest BCUT2D eigenvalue weighted by atomic mass is 16.5. The maximum atomic E-state index is 11.4. The van der Waals surface area contributed by atoms with Crippen molar-refractivity contribution in [2.24, 2.45) is 16.6 Å². The van der Waals surface area contributed by atoms with E-state index < -0.39 is 17.7 Å². The molecular weight excluding hydrogens is 312 g/mol. The summed E-state index contributed by atoms with van der Waals surface area (Å²) in [6.07, 6.45) is 2.14. The standard InChI is InChI=1S/C17H32N2O5/c1-15(2)6-7-16(3,4)17(15,24-11-12(18)10-23-5)19-13(9-20)8-14(21)22/h9,12-13,19H,6-8,10-11,18H2,1-5H3,(H,21,22)/t12?,13-/m0/s1. The van der Waals surface area contributed by atoms with Crippen LogP contribution in [0.2, 0.25) is 0 Å². The predicted molar refractivity (Wildman–Crippen MR) is 90.6 cm³/mol. The molecule has 1 aliphatic rings. The summed E-state index contributed by atoms with van der Waals surface area (Å²) in [5.74, 6) is -1.03. The van der Waals surface area contributed by atoms with Gasteiger partial charge in [0.2, 0.25) is 0 Å². The number of rotatable bonds is 10. The van der Waals surface area contributed by atoms with Gasteiger partial charge in [0.25, 0.3) is 0 Å². The van der Waals surface area contributed by atoms with E-state index in [1.54, 1.807) is 7.11 Å². The minimum absolute atomic E-state index is 0.256. The summed E-state index contributed by atoms with van der Waals surface area (Å²) in [4.78, 5) is 22.5. The number of carboxylic acids is 1. The first kappa shape index (κ1) is 21.0. The van der Waals surface area contributed by atoms with Crippen LogP contribution in [0, 0.1) is 10.8 Å². The first-order valence-electron chi connectivity index (χ1n) is 8.34. The van der Waals surface area contributed by atoms with Crippen LogP contribution in [0.3, 0.4) is 0 Å². The summed E-state index contributed by atoms with van der Waals surface area (Å²) >= 11 is 0. The minimum atomic E-state index is -1.03. The van der Waals surface area contributed by atoms with Crippen LogP contribution in [0.15, 0.2) is 0 Å². The number of hydrogen-bond acceptors (Lipinski definition) is 6. The van der Waals surface area contributed by atoms with Gasteiger partial charge in [-0.2, -0.15) is 0 Å². The summed E-state index contributed by atoms with van der Waals surface area (Å²) in [5, 5.41) is 12.3. The predicted octanol–water partition coefficient (Wildman–Crippen LogP) is 1.15. The molecule has 1 saturated carbocycles. The summed E-state index contributed by atoms with van der Waals surface area (Å²) < 4.78 is 11.3. The van der Waals surface area contributed by atoms with Crippen molar-refractivity contribution in [1.82, 2.24) is 5.32 Å². The summed E-state index contributed by atoms with van der Waals surface area (Å²) in [6, 6.07) is -1.12. The van der Waals surface area contributed by atoms with Crippen LogP contribution in [0.1, 0.15) is 47.0 Å². The van der Waals surface area contributed by atoms with Crippen LogP contribution in [-0.2, 0) is 19.1 Å². The normalized spacial score (nSPS) is 23.6. The molecule has 0 spiro atoms. The van der Waals surface area contributed by atoms with Gasteiger partial charge in [0, 0.05) is 17.9 Å². The summed E-state index contributed by atoms with van der Waals surface area (Å²) in [7, 11) is 1.58. The highest BCUT2D eigenvalue weighted by Crippen LogP contribution is 2.57. The van der Waals surface area contributed by atoms with E-state index in [0.717, 1.165) is 12.8 Å². The number of hydrogen-bond donors (Lipinski definition) is 3. The first-order chi connectivity index (χ1) is 11.0. The number of carbonyl (C=O) groups excluding carboxylic acids is 1. The smallest absolute Gasteiger partial charge is 0.305 e. The van der Waals surface area contributed by atoms with E-state index in [1.807, 2.05) is 0 Å². The number of aldehydes is 1. The molecule has 0 aromatic heterocycles. The molecule has 1 fully saturated rings. The van der Waals surface area contributed by atoms with Crippen LogP contribution in [0.25, 0.3) is 0 Å². The molecule has 0 aromatic rings. The van der Waals surface area contributed by atoms with E-state index in [0.29, 0.717) is 12.9 Å². The van der Waals surface area contributed by atoms with Crippen molar-refractivity contribution < 1.29 is 24.2 Å². The second-order valence-corrected chi connectivity index (χ2v) is 7.96. The van der Waals surface area contributed by atoms with Gasteiger partial charge >= 0.3 is 5.97 Å². The van der Waals surface area contributed by atoms with Gasteiger partial charge < -0.3 is 25.1 Å². The third-order valence-electron chi connectivity index (χ3n) is 5.12. The molecule has 0 aliphatic heterocycles. The number of carboxylic acid groups (broad SMARTS) is 1. The Morgan fingerprint density at radius 2 is 1.79 bits per heavy atom. The third kappa shape index (κ3) is 4.33. The zero-order valence-electron chi connectivity index (χ0n) is 15.4. The summed E-state index contributed by atoms with van der Waals surface area (Å²) in [5.41, 5.74) is 4.57. The lowest BCUT2D eigenvalue weighted by Gasteiger charge is -2.51. The molecule has 1 unspecified atom stereocenters. The van der Waals surface area contributed by atoms with Crippen LogP contribution in [-0.4, -0.2) is 55.5 Å². The molecule has 1 aliphatic carbocycles. The molecule has 24 heavy (non-hydrogen) atoms. The van der Waals surface area contributed by atoms with Gasteiger partial charge in [0.05, 0.1) is 31.7 Å². The van der Waals surface area contributed by atoms with Crippen molar-refractivity contribution in [2.75, 3.05) is 20.3 Å². The van der Waals surface area contributed by atoms with E-state index in [9.17, 15) is 9.59 Å². The highest BCUT2D eigenvalue weighted by molar-refractivity contribution is 5.73. The SMILES string of the molecule is COCC(N)COC1(N[C@H](C=O)CC(=O)O)C(C)(C)CCC1(C)C. The lowest BCUT2D eigenvalue weighted by atomic mass is 9.73. The van der Waals surface area contributed by atoms with E-state index >= 15 is 0 Å². The Morgan fingerprint density at radius 1 is 1.25 bits per heavy atom. The monoisotopic (exact) mass is 344 g/mol. The number of nitrogens with one attached hydrogen (secondary N) is 1. The van der Waals surface area contributed by atoms with Crippen molar-refractivity contribution in [1.29, 1.82) is 0 Å². The van der Waals surface area contributed by atoms with Crippen molar-refractivity contribution in [3.8, 4) is 0 Å². The van der Waals surface area contributed by atoms with Crippen LogP contribution in [0.5, 0.6) is 0 Å². The quantitative estimate of drug-likeness (QED) is 0.403. The van der Waals surface area contributed by atoms with Gasteiger partial charge in [-0.05, 0) is 12.8 Å². The van der Waals surface area contributed by atoms with Crippen LogP contribution in [0.4, 0.5) is 0 Å². The molecule has 1 rings (SSSR count). The van der Waals surface area contributed by atoms with E-state index in [-0.39, 0.29) is 29.9 Å². The number of carbonyl (C=O) groups is 2. The molecule has 0 aromatic carbocycles. The topological polar surface area (TPSA) is 111 Å². The highest BCUT2D eigenvalue weighted by Gasteiger charge is 2.61.